The number of thioether (sulfide) groups is 1. The van der Waals surface area contributed by atoms with Crippen LogP contribution in [0, 0.1) is 5.82 Å². The minimum atomic E-state index is -0.237. The minimum absolute atomic E-state index is 0.128. The van der Waals surface area contributed by atoms with Gasteiger partial charge in [-0.25, -0.2) is 9.37 Å². The van der Waals surface area contributed by atoms with Gasteiger partial charge in [0.15, 0.2) is 0 Å². The van der Waals surface area contributed by atoms with Crippen LogP contribution < -0.4 is 0 Å². The quantitative estimate of drug-likeness (QED) is 0.771. The Morgan fingerprint density at radius 3 is 2.71 bits per heavy atom. The fraction of sp³-hybridized carbons (Fsp3) is 0.429. The summed E-state index contributed by atoms with van der Waals surface area (Å²) in [6.45, 7) is 3.58. The van der Waals surface area contributed by atoms with Gasteiger partial charge in [-0.3, -0.25) is 9.69 Å². The van der Waals surface area contributed by atoms with Gasteiger partial charge in [0, 0.05) is 43.2 Å². The zero-order chi connectivity index (χ0) is 19.3. The third kappa shape index (κ3) is 4.54. The van der Waals surface area contributed by atoms with Crippen molar-refractivity contribution in [1.29, 1.82) is 0 Å². The van der Waals surface area contributed by atoms with Crippen LogP contribution in [0.2, 0.25) is 0 Å². The first-order valence-corrected chi connectivity index (χ1v) is 10.5. The molecule has 2 aliphatic rings. The highest BCUT2D eigenvalue weighted by atomic mass is 32.2. The first kappa shape index (κ1) is 19.4. The molecule has 0 radical (unpaired) electrons. The van der Waals surface area contributed by atoms with Crippen LogP contribution in [0.1, 0.15) is 12.0 Å². The van der Waals surface area contributed by atoms with E-state index in [0.717, 1.165) is 18.0 Å². The standard InChI is InChI=1S/C21H24FN3O2S/c22-18-6-2-1-5-16(18)14-25-15-17(28-20-7-3-4-8-23-20)13-19(25)21(26)24-9-11-27-12-10-24/h1-8,17,19H,9-15H2/t17-,19+/m1/s1. The van der Waals surface area contributed by atoms with Gasteiger partial charge >= 0.3 is 0 Å². The first-order valence-electron chi connectivity index (χ1n) is 9.62. The van der Waals surface area contributed by atoms with Gasteiger partial charge in [-0.15, -0.1) is 11.8 Å². The van der Waals surface area contributed by atoms with Crippen molar-refractivity contribution >= 4 is 17.7 Å². The second kappa shape index (κ2) is 9.03. The number of carbonyl (C=O) groups is 1. The maximum Gasteiger partial charge on any atom is 0.240 e. The van der Waals surface area contributed by atoms with Crippen LogP contribution in [0.15, 0.2) is 53.7 Å². The molecule has 148 valence electrons. The molecule has 4 rings (SSSR count). The van der Waals surface area contributed by atoms with E-state index in [0.29, 0.717) is 38.4 Å². The molecule has 0 N–H and O–H groups in total. The second-order valence-electron chi connectivity index (χ2n) is 7.12. The molecule has 0 spiro atoms. The number of amides is 1. The third-order valence-electron chi connectivity index (χ3n) is 5.23. The van der Waals surface area contributed by atoms with Gasteiger partial charge in [-0.2, -0.15) is 0 Å². The van der Waals surface area contributed by atoms with Gasteiger partial charge < -0.3 is 9.64 Å². The van der Waals surface area contributed by atoms with Crippen molar-refractivity contribution in [2.75, 3.05) is 32.8 Å². The van der Waals surface area contributed by atoms with Crippen LogP contribution in [0.4, 0.5) is 4.39 Å². The number of hydrogen-bond donors (Lipinski definition) is 0. The van der Waals surface area contributed by atoms with Crippen LogP contribution in [-0.4, -0.2) is 64.8 Å². The predicted molar refractivity (Wildman–Crippen MR) is 106 cm³/mol. The number of nitrogens with zero attached hydrogens (tertiary/aromatic N) is 3. The molecule has 2 aliphatic heterocycles. The van der Waals surface area contributed by atoms with Crippen LogP contribution >= 0.6 is 11.8 Å². The number of benzene rings is 1. The average molecular weight is 402 g/mol. The average Bonchev–Trinajstić information content (AvgIpc) is 3.12. The van der Waals surface area contributed by atoms with Crippen molar-refractivity contribution in [2.45, 2.75) is 29.3 Å². The summed E-state index contributed by atoms with van der Waals surface area (Å²) < 4.78 is 19.6. The Morgan fingerprint density at radius 1 is 1.18 bits per heavy atom. The molecule has 28 heavy (non-hydrogen) atoms. The monoisotopic (exact) mass is 401 g/mol. The van der Waals surface area contributed by atoms with Crippen molar-refractivity contribution in [2.24, 2.45) is 0 Å². The maximum atomic E-state index is 14.2. The number of pyridine rings is 1. The molecule has 2 fully saturated rings. The van der Waals surface area contributed by atoms with Crippen LogP contribution in [-0.2, 0) is 16.1 Å². The Balaban J connectivity index is 1.51. The van der Waals surface area contributed by atoms with Crippen molar-refractivity contribution in [3.05, 3.63) is 60.0 Å². The Labute approximate surface area is 168 Å². The lowest BCUT2D eigenvalue weighted by Gasteiger charge is -2.32. The van der Waals surface area contributed by atoms with Gasteiger partial charge in [0.25, 0.3) is 0 Å². The molecule has 2 saturated heterocycles. The van der Waals surface area contributed by atoms with Crippen molar-refractivity contribution in [1.82, 2.24) is 14.8 Å². The highest BCUT2D eigenvalue weighted by Gasteiger charge is 2.39. The topological polar surface area (TPSA) is 45.7 Å². The number of aromatic nitrogens is 1. The molecular formula is C21H24FN3O2S. The summed E-state index contributed by atoms with van der Waals surface area (Å²) in [6.07, 6.45) is 2.52. The van der Waals surface area contributed by atoms with E-state index in [4.69, 9.17) is 4.74 Å². The van der Waals surface area contributed by atoms with E-state index in [1.54, 1.807) is 30.1 Å². The van der Waals surface area contributed by atoms with Crippen LogP contribution in [0.3, 0.4) is 0 Å². The highest BCUT2D eigenvalue weighted by molar-refractivity contribution is 7.99. The van der Waals surface area contributed by atoms with Gasteiger partial charge in [-0.1, -0.05) is 24.3 Å². The number of carbonyl (C=O) groups excluding carboxylic acids is 1. The summed E-state index contributed by atoms with van der Waals surface area (Å²) in [6, 6.07) is 12.4. The highest BCUT2D eigenvalue weighted by Crippen LogP contribution is 2.33. The lowest BCUT2D eigenvalue weighted by atomic mass is 10.1. The fourth-order valence-electron chi connectivity index (χ4n) is 3.81. The van der Waals surface area contributed by atoms with Gasteiger partial charge in [0.2, 0.25) is 5.91 Å². The summed E-state index contributed by atoms with van der Waals surface area (Å²) in [7, 11) is 0. The molecule has 5 nitrogen and oxygen atoms in total. The Hall–Kier alpha value is -1.96. The molecule has 0 saturated carbocycles. The molecule has 0 unspecified atom stereocenters. The molecular weight excluding hydrogens is 377 g/mol. The van der Waals surface area contributed by atoms with E-state index < -0.39 is 0 Å². The first-order chi connectivity index (χ1) is 13.7. The second-order valence-corrected chi connectivity index (χ2v) is 8.44. The zero-order valence-electron chi connectivity index (χ0n) is 15.7. The molecule has 3 heterocycles. The van der Waals surface area contributed by atoms with Gasteiger partial charge in [-0.05, 0) is 24.6 Å². The fourth-order valence-corrected chi connectivity index (χ4v) is 4.97. The number of rotatable bonds is 5. The number of likely N-dealkylation sites (tertiary alicyclic amines) is 1. The molecule has 7 heteroatoms. The van der Waals surface area contributed by atoms with E-state index in [-0.39, 0.29) is 23.0 Å². The summed E-state index contributed by atoms with van der Waals surface area (Å²) in [4.78, 5) is 21.6. The van der Waals surface area contributed by atoms with Gasteiger partial charge in [0.05, 0.1) is 24.3 Å². The Morgan fingerprint density at radius 2 is 1.96 bits per heavy atom. The van der Waals surface area contributed by atoms with E-state index in [2.05, 4.69) is 9.88 Å². The number of morpholine rings is 1. The van der Waals surface area contributed by atoms with Gasteiger partial charge in [0.1, 0.15) is 5.82 Å². The van der Waals surface area contributed by atoms with E-state index in [9.17, 15) is 9.18 Å². The van der Waals surface area contributed by atoms with Crippen molar-refractivity contribution < 1.29 is 13.9 Å². The molecule has 1 aromatic heterocycles. The Kier molecular flexibility index (Phi) is 6.24. The smallest absolute Gasteiger partial charge is 0.240 e. The summed E-state index contributed by atoms with van der Waals surface area (Å²) >= 11 is 1.70. The molecule has 0 aliphatic carbocycles. The van der Waals surface area contributed by atoms with E-state index in [1.807, 2.05) is 29.2 Å². The zero-order valence-corrected chi connectivity index (χ0v) is 16.5. The van der Waals surface area contributed by atoms with Crippen LogP contribution in [0.5, 0.6) is 0 Å². The summed E-state index contributed by atoms with van der Waals surface area (Å²) in [5.41, 5.74) is 0.630. The lowest BCUT2D eigenvalue weighted by molar-refractivity contribution is -0.140. The summed E-state index contributed by atoms with van der Waals surface area (Å²) in [5, 5.41) is 1.20. The molecule has 2 atom stereocenters. The molecule has 1 amide bonds. The van der Waals surface area contributed by atoms with Crippen LogP contribution in [0.25, 0.3) is 0 Å². The minimum Gasteiger partial charge on any atom is -0.378 e. The van der Waals surface area contributed by atoms with Crippen molar-refractivity contribution in [3.8, 4) is 0 Å². The molecule has 1 aromatic carbocycles. The third-order valence-corrected chi connectivity index (χ3v) is 6.39. The number of ether oxygens (including phenoxy) is 1. The maximum absolute atomic E-state index is 14.2. The number of hydrogen-bond acceptors (Lipinski definition) is 5. The largest absolute Gasteiger partial charge is 0.378 e. The Bertz CT molecular complexity index is 801. The predicted octanol–water partition coefficient (Wildman–Crippen LogP) is 2.81. The van der Waals surface area contributed by atoms with Crippen molar-refractivity contribution in [3.63, 3.8) is 0 Å². The van der Waals surface area contributed by atoms with E-state index in [1.165, 1.54) is 6.07 Å². The molecule has 2 aromatic rings. The normalized spacial score (nSPS) is 23.1. The SMILES string of the molecule is O=C([C@@H]1C[C@@H](Sc2ccccn2)CN1Cc1ccccc1F)N1CCOCC1. The molecule has 0 bridgehead atoms. The van der Waals surface area contributed by atoms with E-state index >= 15 is 0 Å². The summed E-state index contributed by atoms with van der Waals surface area (Å²) in [5.74, 6) is -0.0929. The number of halogens is 1. The lowest BCUT2D eigenvalue weighted by Crippen LogP contribution is -2.49.